The van der Waals surface area contributed by atoms with Crippen LogP contribution < -0.4 is 4.74 Å². The number of alkyl halides is 1. The van der Waals surface area contributed by atoms with Gasteiger partial charge in [-0.2, -0.15) is 0 Å². The van der Waals surface area contributed by atoms with Gasteiger partial charge < -0.3 is 14.3 Å². The number of benzene rings is 1. The second kappa shape index (κ2) is 6.09. The number of aromatic nitrogens is 1. The number of hydrogen-bond acceptors (Lipinski definition) is 4. The third kappa shape index (κ3) is 3.01. The molecule has 20 heavy (non-hydrogen) atoms. The summed E-state index contributed by atoms with van der Waals surface area (Å²) in [6.07, 6.45) is 1.78. The van der Waals surface area contributed by atoms with Crippen molar-refractivity contribution in [3.05, 3.63) is 35.4 Å². The van der Waals surface area contributed by atoms with Crippen molar-refractivity contribution in [3.8, 4) is 5.75 Å². The van der Waals surface area contributed by atoms with Crippen LogP contribution in [0.15, 0.2) is 28.4 Å². The first-order chi connectivity index (χ1) is 9.55. The zero-order chi connectivity index (χ0) is 14.7. The first-order valence-corrected chi connectivity index (χ1v) is 7.23. The zero-order valence-electron chi connectivity index (χ0n) is 11.1. The standard InChI is InChI=1S/C14H14BrNO4/c1-3-9-4-5-11-13(16-8(2)19-11)14(9)20-10(7-15)6-12(17)18/h4-6H,3,7H2,1-2H3,(H,17,18)/b10-6+. The van der Waals surface area contributed by atoms with Gasteiger partial charge >= 0.3 is 5.97 Å². The van der Waals surface area contributed by atoms with Crippen molar-refractivity contribution in [3.63, 3.8) is 0 Å². The first kappa shape index (κ1) is 14.6. The lowest BCUT2D eigenvalue weighted by molar-refractivity contribution is -0.131. The van der Waals surface area contributed by atoms with Gasteiger partial charge in [0, 0.05) is 6.92 Å². The summed E-state index contributed by atoms with van der Waals surface area (Å²) < 4.78 is 11.2. The molecule has 0 radical (unpaired) electrons. The third-order valence-corrected chi connectivity index (χ3v) is 3.29. The van der Waals surface area contributed by atoms with E-state index in [-0.39, 0.29) is 0 Å². The molecule has 0 aliphatic carbocycles. The fourth-order valence-corrected chi connectivity index (χ4v) is 2.16. The molecule has 1 heterocycles. The van der Waals surface area contributed by atoms with Crippen molar-refractivity contribution >= 4 is 33.0 Å². The van der Waals surface area contributed by atoms with E-state index >= 15 is 0 Å². The van der Waals surface area contributed by atoms with Crippen LogP contribution in [0.2, 0.25) is 0 Å². The van der Waals surface area contributed by atoms with Crippen molar-refractivity contribution in [2.24, 2.45) is 0 Å². The molecule has 2 rings (SSSR count). The summed E-state index contributed by atoms with van der Waals surface area (Å²) in [5, 5.41) is 9.13. The smallest absolute Gasteiger partial charge is 0.331 e. The number of oxazole rings is 1. The summed E-state index contributed by atoms with van der Waals surface area (Å²) in [5.41, 5.74) is 2.18. The Labute approximate surface area is 124 Å². The van der Waals surface area contributed by atoms with Crippen molar-refractivity contribution in [2.45, 2.75) is 20.3 Å². The molecule has 0 amide bonds. The van der Waals surface area contributed by atoms with Crippen LogP contribution in [0.3, 0.4) is 0 Å². The summed E-state index contributed by atoms with van der Waals surface area (Å²) in [4.78, 5) is 15.1. The lowest BCUT2D eigenvalue weighted by Gasteiger charge is -2.11. The van der Waals surface area contributed by atoms with Gasteiger partial charge in [0.25, 0.3) is 0 Å². The summed E-state index contributed by atoms with van der Waals surface area (Å²) in [5.74, 6) is 0.343. The topological polar surface area (TPSA) is 72.6 Å². The highest BCUT2D eigenvalue weighted by Gasteiger charge is 2.15. The van der Waals surface area contributed by atoms with E-state index in [1.54, 1.807) is 6.92 Å². The second-order valence-electron chi connectivity index (χ2n) is 4.17. The maximum Gasteiger partial charge on any atom is 0.331 e. The average molecular weight is 340 g/mol. The number of carboxylic acid groups (broad SMARTS) is 1. The van der Waals surface area contributed by atoms with Crippen molar-refractivity contribution in [2.75, 3.05) is 5.33 Å². The zero-order valence-corrected chi connectivity index (χ0v) is 12.7. The van der Waals surface area contributed by atoms with E-state index in [1.165, 1.54) is 0 Å². The van der Waals surface area contributed by atoms with Crippen LogP contribution in [0.1, 0.15) is 18.4 Å². The maximum atomic E-state index is 10.8. The minimum atomic E-state index is -1.05. The molecule has 0 bridgehead atoms. The van der Waals surface area contributed by atoms with E-state index < -0.39 is 5.97 Å². The van der Waals surface area contributed by atoms with Gasteiger partial charge in [-0.3, -0.25) is 0 Å². The fraction of sp³-hybridized carbons (Fsp3) is 0.286. The van der Waals surface area contributed by atoms with Crippen LogP contribution in [0.25, 0.3) is 11.1 Å². The number of allylic oxidation sites excluding steroid dienone is 1. The molecule has 0 fully saturated rings. The molecular formula is C14H14BrNO4. The number of rotatable bonds is 5. The lowest BCUT2D eigenvalue weighted by Crippen LogP contribution is -2.03. The quantitative estimate of drug-likeness (QED) is 0.513. The van der Waals surface area contributed by atoms with Gasteiger partial charge in [0.15, 0.2) is 22.7 Å². The molecule has 1 N–H and O–H groups in total. The van der Waals surface area contributed by atoms with E-state index in [2.05, 4.69) is 20.9 Å². The Kier molecular flexibility index (Phi) is 4.44. The number of fused-ring (bicyclic) bond motifs is 1. The monoisotopic (exact) mass is 339 g/mol. The molecule has 5 nitrogen and oxygen atoms in total. The van der Waals surface area contributed by atoms with Gasteiger partial charge in [-0.05, 0) is 18.1 Å². The molecule has 0 aliphatic heterocycles. The molecular weight excluding hydrogens is 326 g/mol. The highest BCUT2D eigenvalue weighted by Crippen LogP contribution is 2.32. The Morgan fingerprint density at radius 2 is 2.30 bits per heavy atom. The number of halogens is 1. The second-order valence-corrected chi connectivity index (χ2v) is 4.73. The molecule has 0 atom stereocenters. The van der Waals surface area contributed by atoms with Crippen LogP contribution >= 0.6 is 15.9 Å². The van der Waals surface area contributed by atoms with E-state index in [0.717, 1.165) is 18.1 Å². The van der Waals surface area contributed by atoms with Gasteiger partial charge in [-0.1, -0.05) is 28.9 Å². The Morgan fingerprint density at radius 3 is 2.90 bits per heavy atom. The number of ether oxygens (including phenoxy) is 1. The van der Waals surface area contributed by atoms with Crippen molar-refractivity contribution in [1.82, 2.24) is 4.98 Å². The Morgan fingerprint density at radius 1 is 1.55 bits per heavy atom. The third-order valence-electron chi connectivity index (χ3n) is 2.73. The van der Waals surface area contributed by atoms with Crippen LogP contribution in [-0.2, 0) is 11.2 Å². The van der Waals surface area contributed by atoms with Gasteiger partial charge in [-0.25, -0.2) is 9.78 Å². The fourth-order valence-electron chi connectivity index (χ4n) is 1.88. The van der Waals surface area contributed by atoms with Crippen molar-refractivity contribution < 1.29 is 19.1 Å². The number of aliphatic carboxylic acids is 1. The summed E-state index contributed by atoms with van der Waals surface area (Å²) >= 11 is 3.22. The first-order valence-electron chi connectivity index (χ1n) is 6.11. The van der Waals surface area contributed by atoms with Crippen LogP contribution in [0.4, 0.5) is 0 Å². The molecule has 6 heteroatoms. The number of carboxylic acids is 1. The number of aryl methyl sites for hydroxylation is 2. The highest BCUT2D eigenvalue weighted by atomic mass is 79.9. The molecule has 2 aromatic rings. The molecule has 106 valence electrons. The van der Waals surface area contributed by atoms with E-state index in [4.69, 9.17) is 14.3 Å². The summed E-state index contributed by atoms with van der Waals surface area (Å²) in [7, 11) is 0. The van der Waals surface area contributed by atoms with Crippen LogP contribution in [0.5, 0.6) is 5.75 Å². The molecule has 1 aromatic heterocycles. The largest absolute Gasteiger partial charge is 0.478 e. The molecule has 0 unspecified atom stereocenters. The van der Waals surface area contributed by atoms with Gasteiger partial charge in [0.1, 0.15) is 5.76 Å². The van der Waals surface area contributed by atoms with Crippen LogP contribution in [0, 0.1) is 6.92 Å². The number of hydrogen-bond donors (Lipinski definition) is 1. The Hall–Kier alpha value is -1.82. The van der Waals surface area contributed by atoms with Crippen LogP contribution in [-0.4, -0.2) is 21.4 Å². The van der Waals surface area contributed by atoms with Gasteiger partial charge in [0.2, 0.25) is 0 Å². The minimum Gasteiger partial charge on any atom is -0.478 e. The number of carbonyl (C=O) groups is 1. The SMILES string of the molecule is CCc1ccc2oc(C)nc2c1O/C(=C/C(=O)O)CBr. The molecule has 0 aliphatic rings. The summed E-state index contributed by atoms with van der Waals surface area (Å²) in [6, 6.07) is 3.74. The molecule has 0 saturated heterocycles. The van der Waals surface area contributed by atoms with Gasteiger partial charge in [-0.15, -0.1) is 0 Å². The van der Waals surface area contributed by atoms with Gasteiger partial charge in [0.05, 0.1) is 11.4 Å². The Bertz CT molecular complexity index is 675. The molecule has 1 aromatic carbocycles. The minimum absolute atomic E-state index is 0.301. The number of nitrogens with zero attached hydrogens (tertiary/aromatic N) is 1. The predicted molar refractivity (Wildman–Crippen MR) is 78.3 cm³/mol. The maximum absolute atomic E-state index is 10.8. The predicted octanol–water partition coefficient (Wildman–Crippen LogP) is 3.44. The van der Waals surface area contributed by atoms with E-state index in [0.29, 0.717) is 33.8 Å². The molecule has 0 spiro atoms. The lowest BCUT2D eigenvalue weighted by atomic mass is 10.1. The normalized spacial score (nSPS) is 11.8. The average Bonchev–Trinajstić information content (AvgIpc) is 2.78. The highest BCUT2D eigenvalue weighted by molar-refractivity contribution is 9.09. The summed E-state index contributed by atoms with van der Waals surface area (Å²) in [6.45, 7) is 3.75. The van der Waals surface area contributed by atoms with E-state index in [1.807, 2.05) is 19.1 Å². The Balaban J connectivity index is 2.53. The van der Waals surface area contributed by atoms with Crippen molar-refractivity contribution in [1.29, 1.82) is 0 Å². The van der Waals surface area contributed by atoms with E-state index in [9.17, 15) is 4.79 Å². The molecule has 0 saturated carbocycles.